The lowest BCUT2D eigenvalue weighted by atomic mass is 9.90. The Morgan fingerprint density at radius 3 is 2.70 bits per heavy atom. The molecule has 0 bridgehead atoms. The van der Waals surface area contributed by atoms with Crippen molar-refractivity contribution in [3.63, 3.8) is 0 Å². The zero-order valence-corrected chi connectivity index (χ0v) is 18.3. The Morgan fingerprint density at radius 2 is 2.03 bits per heavy atom. The average molecular weight is 444 g/mol. The average Bonchev–Trinajstić information content (AvgIpc) is 3.05. The van der Waals surface area contributed by atoms with Crippen LogP contribution in [0.4, 0.5) is 11.5 Å². The summed E-state index contributed by atoms with van der Waals surface area (Å²) >= 11 is 12.3. The summed E-state index contributed by atoms with van der Waals surface area (Å²) in [7, 11) is 5.92. The molecule has 0 saturated heterocycles. The number of carbonyl (C=O) groups is 2. The molecule has 0 aliphatic carbocycles. The largest absolute Gasteiger partial charge is 0.350 e. The minimum absolute atomic E-state index is 0.0772. The molecule has 2 radical (unpaired) electrons. The number of pyridine rings is 1. The van der Waals surface area contributed by atoms with Gasteiger partial charge in [-0.15, -0.1) is 0 Å². The number of carbonyl (C=O) groups excluding carboxylic acids is 2. The zero-order valence-electron chi connectivity index (χ0n) is 16.7. The summed E-state index contributed by atoms with van der Waals surface area (Å²) in [4.78, 5) is 30.0. The first-order valence-corrected chi connectivity index (χ1v) is 10.1. The lowest BCUT2D eigenvalue weighted by Gasteiger charge is -2.24. The number of amides is 2. The molecule has 2 aromatic rings. The number of hydrogen-bond donors (Lipinski definition) is 2. The lowest BCUT2D eigenvalue weighted by molar-refractivity contribution is -0.117. The normalized spacial score (nSPS) is 15.9. The molecule has 2 heterocycles. The van der Waals surface area contributed by atoms with Crippen molar-refractivity contribution in [3.8, 4) is 0 Å². The number of hydrazone groups is 1. The first-order valence-electron chi connectivity index (χ1n) is 9.32. The van der Waals surface area contributed by atoms with Gasteiger partial charge in [-0.3, -0.25) is 9.59 Å². The Balaban J connectivity index is 1.92. The first-order chi connectivity index (χ1) is 14.2. The topological polar surface area (TPSA) is 86.7 Å². The van der Waals surface area contributed by atoms with Crippen LogP contribution in [0.25, 0.3) is 0 Å². The summed E-state index contributed by atoms with van der Waals surface area (Å²) in [5.74, 6) is -0.412. The standard InChI is InChI=1S/C20H20BCl2N5O2/c1-10(2)25-19(29)13-8-12(21)7-11(3)17(13)26-20(30)15-9-16(23)27-28(15)18-14(22)5-4-6-24-18/h4-8,10,15H,9H2,1-3H3,(H,25,29)(H,26,30). The van der Waals surface area contributed by atoms with Gasteiger partial charge in [-0.2, -0.15) is 5.10 Å². The predicted molar refractivity (Wildman–Crippen MR) is 121 cm³/mol. The summed E-state index contributed by atoms with van der Waals surface area (Å²) in [6.45, 7) is 5.47. The number of nitrogens with one attached hydrogen (secondary N) is 2. The van der Waals surface area contributed by atoms with E-state index in [4.69, 9.17) is 31.0 Å². The van der Waals surface area contributed by atoms with Gasteiger partial charge in [0.25, 0.3) is 5.91 Å². The van der Waals surface area contributed by atoms with E-state index in [0.29, 0.717) is 27.6 Å². The second-order valence-electron chi connectivity index (χ2n) is 7.23. The second kappa shape index (κ2) is 9.06. The number of aryl methyl sites for hydroxylation is 1. The fraction of sp³-hybridized carbons (Fsp3) is 0.300. The number of benzene rings is 1. The number of halogens is 2. The van der Waals surface area contributed by atoms with Gasteiger partial charge >= 0.3 is 0 Å². The van der Waals surface area contributed by atoms with Crippen molar-refractivity contribution in [2.24, 2.45) is 5.10 Å². The molecular formula is C20H20BCl2N5O2. The lowest BCUT2D eigenvalue weighted by Crippen LogP contribution is -2.40. The number of anilines is 2. The molecule has 0 saturated carbocycles. The highest BCUT2D eigenvalue weighted by atomic mass is 35.5. The van der Waals surface area contributed by atoms with Crippen LogP contribution < -0.4 is 21.1 Å². The van der Waals surface area contributed by atoms with Crippen molar-refractivity contribution in [1.29, 1.82) is 0 Å². The first kappa shape index (κ1) is 22.1. The van der Waals surface area contributed by atoms with Gasteiger partial charge in [0, 0.05) is 18.7 Å². The molecule has 1 aromatic carbocycles. The van der Waals surface area contributed by atoms with Gasteiger partial charge in [0.1, 0.15) is 19.1 Å². The summed E-state index contributed by atoms with van der Waals surface area (Å²) in [5, 5.41) is 11.8. The van der Waals surface area contributed by atoms with Crippen LogP contribution >= 0.6 is 23.2 Å². The van der Waals surface area contributed by atoms with Crippen LogP contribution in [0.3, 0.4) is 0 Å². The molecule has 0 spiro atoms. The van der Waals surface area contributed by atoms with Crippen LogP contribution in [0.15, 0.2) is 35.6 Å². The smallest absolute Gasteiger partial charge is 0.253 e. The predicted octanol–water partition coefficient (Wildman–Crippen LogP) is 2.75. The maximum absolute atomic E-state index is 13.2. The Hall–Kier alpha value is -2.58. The third-order valence-corrected chi connectivity index (χ3v) is 4.93. The molecule has 1 aromatic heterocycles. The van der Waals surface area contributed by atoms with Crippen LogP contribution in [-0.2, 0) is 4.79 Å². The quantitative estimate of drug-likeness (QED) is 0.695. The summed E-state index contributed by atoms with van der Waals surface area (Å²) in [6.07, 6.45) is 1.73. The van der Waals surface area contributed by atoms with Gasteiger partial charge in [0.05, 0.1) is 16.3 Å². The van der Waals surface area contributed by atoms with Gasteiger partial charge in [0.15, 0.2) is 5.82 Å². The van der Waals surface area contributed by atoms with Gasteiger partial charge in [-0.05, 0) is 38.5 Å². The highest BCUT2D eigenvalue weighted by Gasteiger charge is 2.35. The van der Waals surface area contributed by atoms with Gasteiger partial charge in [0.2, 0.25) is 5.91 Å². The Kier molecular flexibility index (Phi) is 6.68. The van der Waals surface area contributed by atoms with Crippen molar-refractivity contribution in [2.75, 3.05) is 10.3 Å². The maximum Gasteiger partial charge on any atom is 0.253 e. The number of aromatic nitrogens is 1. The van der Waals surface area contributed by atoms with Crippen molar-refractivity contribution in [3.05, 3.63) is 46.6 Å². The van der Waals surface area contributed by atoms with E-state index in [-0.39, 0.29) is 29.1 Å². The highest BCUT2D eigenvalue weighted by Crippen LogP contribution is 2.31. The molecule has 30 heavy (non-hydrogen) atoms. The van der Waals surface area contributed by atoms with E-state index >= 15 is 0 Å². The molecule has 1 atom stereocenters. The Morgan fingerprint density at radius 1 is 1.30 bits per heavy atom. The van der Waals surface area contributed by atoms with Gasteiger partial charge in [-0.1, -0.05) is 40.8 Å². The van der Waals surface area contributed by atoms with E-state index in [1.165, 1.54) is 11.1 Å². The molecule has 1 aliphatic rings. The third-order valence-electron chi connectivity index (χ3n) is 4.40. The summed E-state index contributed by atoms with van der Waals surface area (Å²) in [6, 6.07) is 5.70. The maximum atomic E-state index is 13.2. The minimum Gasteiger partial charge on any atom is -0.350 e. The van der Waals surface area contributed by atoms with Gasteiger partial charge in [-0.25, -0.2) is 9.99 Å². The van der Waals surface area contributed by atoms with E-state index in [2.05, 4.69) is 20.7 Å². The fourth-order valence-corrected chi connectivity index (χ4v) is 3.56. The molecular weight excluding hydrogens is 424 g/mol. The second-order valence-corrected chi connectivity index (χ2v) is 8.07. The molecule has 3 rings (SSSR count). The van der Waals surface area contributed by atoms with E-state index in [0.717, 1.165) is 0 Å². The van der Waals surface area contributed by atoms with Crippen LogP contribution in [0, 0.1) is 6.92 Å². The molecule has 1 aliphatic heterocycles. The molecule has 1 unspecified atom stereocenters. The van der Waals surface area contributed by atoms with Crippen molar-refractivity contribution >= 4 is 65.0 Å². The van der Waals surface area contributed by atoms with Crippen molar-refractivity contribution in [2.45, 2.75) is 39.3 Å². The monoisotopic (exact) mass is 443 g/mol. The Labute approximate surface area is 186 Å². The van der Waals surface area contributed by atoms with E-state index < -0.39 is 11.9 Å². The highest BCUT2D eigenvalue weighted by molar-refractivity contribution is 6.66. The molecule has 0 fully saturated rings. The molecule has 2 N–H and O–H groups in total. The summed E-state index contributed by atoms with van der Waals surface area (Å²) < 4.78 is 0. The van der Waals surface area contributed by atoms with Crippen LogP contribution in [0.2, 0.25) is 5.02 Å². The molecule has 154 valence electrons. The number of nitrogens with zero attached hydrogens (tertiary/aromatic N) is 3. The molecule has 10 heteroatoms. The van der Waals surface area contributed by atoms with Crippen molar-refractivity contribution < 1.29 is 9.59 Å². The van der Waals surface area contributed by atoms with Crippen LogP contribution in [0.1, 0.15) is 36.2 Å². The molecule has 2 amide bonds. The number of rotatable bonds is 5. The van der Waals surface area contributed by atoms with E-state index in [1.54, 1.807) is 31.3 Å². The van der Waals surface area contributed by atoms with E-state index in [9.17, 15) is 9.59 Å². The minimum atomic E-state index is -0.775. The van der Waals surface area contributed by atoms with Gasteiger partial charge < -0.3 is 10.6 Å². The zero-order chi connectivity index (χ0) is 22.0. The SMILES string of the molecule is [B]c1cc(C)c(NC(=O)C2CC(Cl)=NN2c2ncccc2Cl)c(C(=O)NC(C)C)c1. The number of hydrogen-bond acceptors (Lipinski definition) is 5. The summed E-state index contributed by atoms with van der Waals surface area (Å²) in [5.41, 5.74) is 1.74. The van der Waals surface area contributed by atoms with E-state index in [1.807, 2.05) is 13.8 Å². The van der Waals surface area contributed by atoms with Crippen LogP contribution in [-0.4, -0.2) is 41.9 Å². The Bertz CT molecular complexity index is 1030. The fourth-order valence-electron chi connectivity index (χ4n) is 3.12. The third kappa shape index (κ3) is 4.76. The van der Waals surface area contributed by atoms with Crippen molar-refractivity contribution in [1.82, 2.24) is 10.3 Å². The van der Waals surface area contributed by atoms with Crippen LogP contribution in [0.5, 0.6) is 0 Å². The molecule has 7 nitrogen and oxygen atoms in total.